The standard InChI is InChI=1S/C16H22N2OS/c1-3-12-6-8-13(9-7-12)18(2)15(19)16(14(17)20)10-4-5-11-16/h6-9H,3-5,10-11H2,1-2H3,(H2,17,20). The van der Waals surface area contributed by atoms with Gasteiger partial charge in [-0.2, -0.15) is 0 Å². The van der Waals surface area contributed by atoms with Gasteiger partial charge in [0.15, 0.2) is 0 Å². The molecule has 2 rings (SSSR count). The zero-order chi connectivity index (χ0) is 14.8. The normalized spacial score (nSPS) is 16.9. The first-order chi connectivity index (χ1) is 9.51. The van der Waals surface area contributed by atoms with Crippen molar-refractivity contribution in [2.75, 3.05) is 11.9 Å². The number of carbonyl (C=O) groups is 1. The van der Waals surface area contributed by atoms with Crippen molar-refractivity contribution in [1.82, 2.24) is 0 Å². The summed E-state index contributed by atoms with van der Waals surface area (Å²) in [5.41, 5.74) is 7.41. The Balaban J connectivity index is 2.24. The van der Waals surface area contributed by atoms with E-state index in [9.17, 15) is 4.79 Å². The molecule has 1 saturated carbocycles. The summed E-state index contributed by atoms with van der Waals surface area (Å²) in [4.78, 5) is 14.9. The summed E-state index contributed by atoms with van der Waals surface area (Å²) < 4.78 is 0. The molecule has 1 aromatic rings. The molecule has 1 amide bonds. The van der Waals surface area contributed by atoms with Crippen LogP contribution in [-0.2, 0) is 11.2 Å². The minimum Gasteiger partial charge on any atom is -0.392 e. The summed E-state index contributed by atoms with van der Waals surface area (Å²) in [6, 6.07) is 8.08. The van der Waals surface area contributed by atoms with Gasteiger partial charge in [0.1, 0.15) is 0 Å². The van der Waals surface area contributed by atoms with E-state index in [2.05, 4.69) is 19.1 Å². The molecule has 1 aromatic carbocycles. The molecule has 1 aliphatic rings. The van der Waals surface area contributed by atoms with E-state index >= 15 is 0 Å². The SMILES string of the molecule is CCc1ccc(N(C)C(=O)C2(C(N)=S)CCCC2)cc1. The molecule has 0 atom stereocenters. The van der Waals surface area contributed by atoms with Crippen molar-refractivity contribution in [3.05, 3.63) is 29.8 Å². The minimum absolute atomic E-state index is 0.0340. The first-order valence-electron chi connectivity index (χ1n) is 7.18. The highest BCUT2D eigenvalue weighted by Gasteiger charge is 2.45. The van der Waals surface area contributed by atoms with E-state index < -0.39 is 5.41 Å². The molecular formula is C16H22N2OS. The number of benzene rings is 1. The average molecular weight is 290 g/mol. The van der Waals surface area contributed by atoms with Crippen LogP contribution in [0.25, 0.3) is 0 Å². The lowest BCUT2D eigenvalue weighted by Gasteiger charge is -2.31. The summed E-state index contributed by atoms with van der Waals surface area (Å²) in [5.74, 6) is 0.0340. The summed E-state index contributed by atoms with van der Waals surface area (Å²) in [5, 5.41) is 0. The Morgan fingerprint density at radius 2 is 1.85 bits per heavy atom. The number of amides is 1. The van der Waals surface area contributed by atoms with E-state index in [0.717, 1.165) is 37.8 Å². The molecule has 0 heterocycles. The maximum Gasteiger partial charge on any atom is 0.239 e. The summed E-state index contributed by atoms with van der Waals surface area (Å²) >= 11 is 5.18. The minimum atomic E-state index is -0.631. The lowest BCUT2D eigenvalue weighted by molar-refractivity contribution is -0.124. The number of aryl methyl sites for hydroxylation is 1. The third-order valence-corrected chi connectivity index (χ3v) is 4.77. The van der Waals surface area contributed by atoms with Crippen LogP contribution in [0, 0.1) is 5.41 Å². The van der Waals surface area contributed by atoms with Crippen LogP contribution in [0.4, 0.5) is 5.69 Å². The van der Waals surface area contributed by atoms with Crippen LogP contribution in [0.2, 0.25) is 0 Å². The lowest BCUT2D eigenvalue weighted by Crippen LogP contribution is -2.48. The van der Waals surface area contributed by atoms with Crippen molar-refractivity contribution in [1.29, 1.82) is 0 Å². The Labute approximate surface area is 126 Å². The van der Waals surface area contributed by atoms with Crippen molar-refractivity contribution in [2.24, 2.45) is 11.1 Å². The molecule has 4 heteroatoms. The van der Waals surface area contributed by atoms with Gasteiger partial charge in [-0.25, -0.2) is 0 Å². The zero-order valence-corrected chi connectivity index (χ0v) is 13.0. The van der Waals surface area contributed by atoms with Gasteiger partial charge >= 0.3 is 0 Å². The van der Waals surface area contributed by atoms with Gasteiger partial charge < -0.3 is 10.6 Å². The number of anilines is 1. The first-order valence-corrected chi connectivity index (χ1v) is 7.59. The van der Waals surface area contributed by atoms with Crippen molar-refractivity contribution < 1.29 is 4.79 Å². The van der Waals surface area contributed by atoms with Gasteiger partial charge in [0.2, 0.25) is 5.91 Å². The molecule has 0 bridgehead atoms. The summed E-state index contributed by atoms with van der Waals surface area (Å²) in [6.07, 6.45) is 4.59. The highest BCUT2D eigenvalue weighted by atomic mass is 32.1. The fourth-order valence-corrected chi connectivity index (χ4v) is 3.23. The van der Waals surface area contributed by atoms with Crippen LogP contribution < -0.4 is 10.6 Å². The van der Waals surface area contributed by atoms with Crippen LogP contribution in [0.3, 0.4) is 0 Å². The second-order valence-corrected chi connectivity index (χ2v) is 5.98. The van der Waals surface area contributed by atoms with E-state index in [1.165, 1.54) is 5.56 Å². The van der Waals surface area contributed by atoms with Gasteiger partial charge in [0.25, 0.3) is 0 Å². The first kappa shape index (κ1) is 15.0. The highest BCUT2D eigenvalue weighted by molar-refractivity contribution is 7.80. The predicted molar refractivity (Wildman–Crippen MR) is 86.9 cm³/mol. The predicted octanol–water partition coefficient (Wildman–Crippen LogP) is 3.06. The molecule has 2 N–H and O–H groups in total. The average Bonchev–Trinajstić information content (AvgIpc) is 2.96. The number of nitrogens with two attached hydrogens (primary N) is 1. The number of carbonyl (C=O) groups excluding carboxylic acids is 1. The Bertz CT molecular complexity index is 504. The van der Waals surface area contributed by atoms with Gasteiger partial charge in [-0.3, -0.25) is 4.79 Å². The quantitative estimate of drug-likeness (QED) is 0.867. The highest BCUT2D eigenvalue weighted by Crippen LogP contribution is 2.40. The molecule has 20 heavy (non-hydrogen) atoms. The van der Waals surface area contributed by atoms with E-state index in [0.29, 0.717) is 4.99 Å². The van der Waals surface area contributed by atoms with Crippen LogP contribution >= 0.6 is 12.2 Å². The number of hydrogen-bond donors (Lipinski definition) is 1. The van der Waals surface area contributed by atoms with Crippen molar-refractivity contribution >= 4 is 28.8 Å². The van der Waals surface area contributed by atoms with Gasteiger partial charge in [0, 0.05) is 12.7 Å². The topological polar surface area (TPSA) is 46.3 Å². The number of rotatable bonds is 4. The molecular weight excluding hydrogens is 268 g/mol. The third-order valence-electron chi connectivity index (χ3n) is 4.37. The smallest absolute Gasteiger partial charge is 0.239 e. The van der Waals surface area contributed by atoms with Crippen LogP contribution in [-0.4, -0.2) is 17.9 Å². The molecule has 0 aromatic heterocycles. The summed E-state index contributed by atoms with van der Waals surface area (Å²) in [7, 11) is 1.81. The van der Waals surface area contributed by atoms with E-state index in [1.807, 2.05) is 19.2 Å². The molecule has 0 spiro atoms. The summed E-state index contributed by atoms with van der Waals surface area (Å²) in [6.45, 7) is 2.12. The van der Waals surface area contributed by atoms with Crippen LogP contribution in [0.1, 0.15) is 38.2 Å². The molecule has 1 fully saturated rings. The molecule has 0 radical (unpaired) electrons. The van der Waals surface area contributed by atoms with Gasteiger partial charge in [-0.05, 0) is 37.0 Å². The third kappa shape index (κ3) is 2.57. The van der Waals surface area contributed by atoms with Crippen LogP contribution in [0.15, 0.2) is 24.3 Å². The number of thiocarbonyl (C=S) groups is 1. The van der Waals surface area contributed by atoms with E-state index in [-0.39, 0.29) is 5.91 Å². The maximum atomic E-state index is 12.8. The Morgan fingerprint density at radius 1 is 1.30 bits per heavy atom. The molecule has 1 aliphatic carbocycles. The maximum absolute atomic E-state index is 12.8. The second kappa shape index (κ2) is 5.92. The van der Waals surface area contributed by atoms with Crippen molar-refractivity contribution in [2.45, 2.75) is 39.0 Å². The number of hydrogen-bond acceptors (Lipinski definition) is 2. The van der Waals surface area contributed by atoms with Crippen molar-refractivity contribution in [3.63, 3.8) is 0 Å². The second-order valence-electron chi connectivity index (χ2n) is 5.54. The fourth-order valence-electron chi connectivity index (χ4n) is 2.94. The largest absolute Gasteiger partial charge is 0.392 e. The molecule has 3 nitrogen and oxygen atoms in total. The molecule has 0 saturated heterocycles. The molecule has 0 aliphatic heterocycles. The molecule has 0 unspecified atom stereocenters. The fraction of sp³-hybridized carbons (Fsp3) is 0.500. The van der Waals surface area contributed by atoms with Crippen LogP contribution in [0.5, 0.6) is 0 Å². The van der Waals surface area contributed by atoms with E-state index in [4.69, 9.17) is 18.0 Å². The lowest BCUT2D eigenvalue weighted by atomic mass is 9.84. The van der Waals surface area contributed by atoms with Gasteiger partial charge in [0.05, 0.1) is 10.4 Å². The van der Waals surface area contributed by atoms with E-state index in [1.54, 1.807) is 4.90 Å². The van der Waals surface area contributed by atoms with Gasteiger partial charge in [-0.1, -0.05) is 44.1 Å². The molecule has 108 valence electrons. The zero-order valence-electron chi connectivity index (χ0n) is 12.2. The Morgan fingerprint density at radius 3 is 2.30 bits per heavy atom. The van der Waals surface area contributed by atoms with Gasteiger partial charge in [-0.15, -0.1) is 0 Å². The monoisotopic (exact) mass is 290 g/mol. The Kier molecular flexibility index (Phi) is 4.43. The Hall–Kier alpha value is -1.42. The van der Waals surface area contributed by atoms with Crippen molar-refractivity contribution in [3.8, 4) is 0 Å². The number of nitrogens with zero attached hydrogens (tertiary/aromatic N) is 1.